The molecule has 0 fully saturated rings. The summed E-state index contributed by atoms with van der Waals surface area (Å²) in [5.41, 5.74) is 1.42. The van der Waals surface area contributed by atoms with E-state index in [4.69, 9.17) is 5.11 Å². The van der Waals surface area contributed by atoms with E-state index >= 15 is 0 Å². The molecule has 2 amide bonds. The number of nitrogens with one attached hydrogen (secondary N) is 3. The van der Waals surface area contributed by atoms with Crippen molar-refractivity contribution in [2.24, 2.45) is 0 Å². The third kappa shape index (κ3) is 3.79. The van der Waals surface area contributed by atoms with Gasteiger partial charge in [-0.15, -0.1) is 11.3 Å². The van der Waals surface area contributed by atoms with Gasteiger partial charge >= 0.3 is 12.0 Å². The number of carbonyl (C=O) groups excluding carboxylic acids is 1. The van der Waals surface area contributed by atoms with Crippen LogP contribution < -0.4 is 10.6 Å². The van der Waals surface area contributed by atoms with Gasteiger partial charge in [0.05, 0.1) is 12.0 Å². The number of urea groups is 1. The van der Waals surface area contributed by atoms with Crippen LogP contribution in [0.1, 0.15) is 11.4 Å². The Morgan fingerprint density at radius 2 is 2.35 bits per heavy atom. The van der Waals surface area contributed by atoms with Gasteiger partial charge in [0.1, 0.15) is 6.04 Å². The average Bonchev–Trinajstić information content (AvgIpc) is 3.00. The highest BCUT2D eigenvalue weighted by atomic mass is 32.1. The Morgan fingerprint density at radius 1 is 1.55 bits per heavy atom. The second-order valence-corrected chi connectivity index (χ2v) is 4.92. The quantitative estimate of drug-likeness (QED) is 0.655. The van der Waals surface area contributed by atoms with Gasteiger partial charge in [-0.1, -0.05) is 0 Å². The standard InChI is InChI=1S/C11H13N5O3S/c1-6-4-20-11(14-6)16-10(19)15-8(9(17)18)2-7-3-12-5-13-7/h3-5,8H,2H2,1H3,(H,12,13)(H,17,18)(H2,14,15,16,19)/t8-/m1/s1. The lowest BCUT2D eigenvalue weighted by molar-refractivity contribution is -0.139. The number of hydrogen-bond acceptors (Lipinski definition) is 5. The van der Waals surface area contributed by atoms with Crippen molar-refractivity contribution < 1.29 is 14.7 Å². The second-order valence-electron chi connectivity index (χ2n) is 4.06. The van der Waals surface area contributed by atoms with Crippen molar-refractivity contribution in [1.82, 2.24) is 20.3 Å². The molecule has 2 aromatic rings. The Balaban J connectivity index is 1.94. The van der Waals surface area contributed by atoms with Crippen LogP contribution in [0.5, 0.6) is 0 Å². The number of carboxylic acids is 1. The Hall–Kier alpha value is -2.42. The van der Waals surface area contributed by atoms with Crippen LogP contribution >= 0.6 is 11.3 Å². The number of amides is 2. The number of thiazole rings is 1. The fraction of sp³-hybridized carbons (Fsp3) is 0.273. The number of aromatic amines is 1. The van der Waals surface area contributed by atoms with Gasteiger partial charge in [0.2, 0.25) is 0 Å². The molecular formula is C11H13N5O3S. The van der Waals surface area contributed by atoms with Crippen LogP contribution in [0, 0.1) is 6.92 Å². The molecule has 0 spiro atoms. The van der Waals surface area contributed by atoms with Gasteiger partial charge in [-0.25, -0.2) is 19.6 Å². The average molecular weight is 295 g/mol. The summed E-state index contributed by atoms with van der Waals surface area (Å²) in [5.74, 6) is -1.12. The van der Waals surface area contributed by atoms with E-state index in [1.165, 1.54) is 23.9 Å². The summed E-state index contributed by atoms with van der Waals surface area (Å²) in [7, 11) is 0. The second kappa shape index (κ2) is 6.15. The molecule has 0 radical (unpaired) electrons. The number of nitrogens with zero attached hydrogens (tertiary/aromatic N) is 2. The summed E-state index contributed by atoms with van der Waals surface area (Å²) in [4.78, 5) is 33.5. The van der Waals surface area contributed by atoms with Crippen LogP contribution in [-0.2, 0) is 11.2 Å². The fourth-order valence-corrected chi connectivity index (χ4v) is 2.20. The van der Waals surface area contributed by atoms with Crippen molar-refractivity contribution in [3.05, 3.63) is 29.3 Å². The minimum Gasteiger partial charge on any atom is -0.480 e. The maximum Gasteiger partial charge on any atom is 0.326 e. The Morgan fingerprint density at radius 3 is 2.90 bits per heavy atom. The number of carboxylic acid groups (broad SMARTS) is 1. The van der Waals surface area contributed by atoms with Gasteiger partial charge in [0.15, 0.2) is 5.13 Å². The molecule has 2 aromatic heterocycles. The molecule has 106 valence electrons. The van der Waals surface area contributed by atoms with Gasteiger partial charge in [-0.2, -0.15) is 0 Å². The third-order valence-corrected chi connectivity index (χ3v) is 3.30. The van der Waals surface area contributed by atoms with Gasteiger partial charge in [-0.3, -0.25) is 5.32 Å². The predicted octanol–water partition coefficient (Wildman–Crippen LogP) is 0.992. The first-order valence-corrected chi connectivity index (χ1v) is 6.62. The largest absolute Gasteiger partial charge is 0.480 e. The van der Waals surface area contributed by atoms with Crippen molar-refractivity contribution in [3.63, 3.8) is 0 Å². The topological polar surface area (TPSA) is 120 Å². The minimum atomic E-state index is -1.12. The molecule has 0 aliphatic rings. The van der Waals surface area contributed by atoms with Crippen molar-refractivity contribution in [2.45, 2.75) is 19.4 Å². The van der Waals surface area contributed by atoms with E-state index in [2.05, 4.69) is 25.6 Å². The summed E-state index contributed by atoms with van der Waals surface area (Å²) in [5, 5.41) is 16.2. The van der Waals surface area contributed by atoms with Gasteiger partial charge in [-0.05, 0) is 6.92 Å². The molecule has 0 aromatic carbocycles. The highest BCUT2D eigenvalue weighted by molar-refractivity contribution is 7.13. The summed E-state index contributed by atoms with van der Waals surface area (Å²) >= 11 is 1.27. The normalized spacial score (nSPS) is 11.8. The number of aryl methyl sites for hydroxylation is 1. The van der Waals surface area contributed by atoms with Crippen molar-refractivity contribution in [1.29, 1.82) is 0 Å². The van der Waals surface area contributed by atoms with Crippen molar-refractivity contribution >= 4 is 28.5 Å². The molecule has 0 aliphatic carbocycles. The molecule has 0 bridgehead atoms. The molecule has 0 aliphatic heterocycles. The number of rotatable bonds is 5. The molecule has 2 heterocycles. The molecule has 0 unspecified atom stereocenters. The lowest BCUT2D eigenvalue weighted by Crippen LogP contribution is -2.44. The van der Waals surface area contributed by atoms with Crippen LogP contribution in [0.2, 0.25) is 0 Å². The highest BCUT2D eigenvalue weighted by Crippen LogP contribution is 2.14. The van der Waals surface area contributed by atoms with E-state index in [0.29, 0.717) is 10.8 Å². The number of hydrogen-bond donors (Lipinski definition) is 4. The Labute approximate surface area is 118 Å². The first-order chi connectivity index (χ1) is 9.54. The number of H-pyrrole nitrogens is 1. The van der Waals surface area contributed by atoms with E-state index in [1.807, 2.05) is 0 Å². The number of aromatic nitrogens is 3. The van der Waals surface area contributed by atoms with Crippen molar-refractivity contribution in [3.8, 4) is 0 Å². The van der Waals surface area contributed by atoms with E-state index in [1.54, 1.807) is 12.3 Å². The molecule has 0 saturated carbocycles. The lowest BCUT2D eigenvalue weighted by atomic mass is 10.2. The zero-order valence-corrected chi connectivity index (χ0v) is 11.4. The van der Waals surface area contributed by atoms with E-state index in [0.717, 1.165) is 5.69 Å². The molecule has 20 heavy (non-hydrogen) atoms. The van der Waals surface area contributed by atoms with Crippen LogP contribution in [0.3, 0.4) is 0 Å². The SMILES string of the molecule is Cc1csc(NC(=O)N[C@H](Cc2cnc[nH]2)C(=O)O)n1. The van der Waals surface area contributed by atoms with Crippen LogP contribution in [-0.4, -0.2) is 38.1 Å². The predicted molar refractivity (Wildman–Crippen MR) is 72.7 cm³/mol. The van der Waals surface area contributed by atoms with Crippen LogP contribution in [0.4, 0.5) is 9.93 Å². The van der Waals surface area contributed by atoms with Gasteiger partial charge in [0, 0.05) is 23.7 Å². The minimum absolute atomic E-state index is 0.125. The summed E-state index contributed by atoms with van der Waals surface area (Å²) < 4.78 is 0. The molecular weight excluding hydrogens is 282 g/mol. The first kappa shape index (κ1) is 14.0. The van der Waals surface area contributed by atoms with Crippen LogP contribution in [0.25, 0.3) is 0 Å². The summed E-state index contributed by atoms with van der Waals surface area (Å²) in [6.45, 7) is 1.80. The Bertz CT molecular complexity index is 595. The number of aliphatic carboxylic acids is 1. The molecule has 8 nitrogen and oxygen atoms in total. The monoisotopic (exact) mass is 295 g/mol. The third-order valence-electron chi connectivity index (χ3n) is 2.42. The number of carbonyl (C=O) groups is 2. The van der Waals surface area contributed by atoms with Crippen LogP contribution in [0.15, 0.2) is 17.9 Å². The fourth-order valence-electron chi connectivity index (χ4n) is 1.52. The van der Waals surface area contributed by atoms with E-state index in [9.17, 15) is 9.59 Å². The highest BCUT2D eigenvalue weighted by Gasteiger charge is 2.21. The zero-order valence-electron chi connectivity index (χ0n) is 10.6. The molecule has 0 saturated heterocycles. The molecule has 2 rings (SSSR count). The van der Waals surface area contributed by atoms with E-state index < -0.39 is 18.0 Å². The van der Waals surface area contributed by atoms with Gasteiger partial charge < -0.3 is 15.4 Å². The van der Waals surface area contributed by atoms with Crippen molar-refractivity contribution in [2.75, 3.05) is 5.32 Å². The van der Waals surface area contributed by atoms with Gasteiger partial charge in [0.25, 0.3) is 0 Å². The first-order valence-electron chi connectivity index (χ1n) is 5.74. The maximum atomic E-state index is 11.7. The molecule has 1 atom stereocenters. The zero-order chi connectivity index (χ0) is 14.5. The number of anilines is 1. The maximum absolute atomic E-state index is 11.7. The molecule has 9 heteroatoms. The van der Waals surface area contributed by atoms with E-state index in [-0.39, 0.29) is 6.42 Å². The Kier molecular flexibility index (Phi) is 4.31. The molecule has 4 N–H and O–H groups in total. The lowest BCUT2D eigenvalue weighted by Gasteiger charge is -2.13. The summed E-state index contributed by atoms with van der Waals surface area (Å²) in [6, 6.07) is -1.65. The summed E-state index contributed by atoms with van der Waals surface area (Å²) in [6.07, 6.45) is 3.09. The smallest absolute Gasteiger partial charge is 0.326 e. The number of imidazole rings is 1.